The van der Waals surface area contributed by atoms with Gasteiger partial charge in [-0.15, -0.1) is 0 Å². The number of hydrogen-bond donors (Lipinski definition) is 1. The van der Waals surface area contributed by atoms with Gasteiger partial charge in [-0.25, -0.2) is 0 Å². The number of unbranched alkanes of at least 4 members (excludes halogenated alkanes) is 1. The number of hydrogen-bond acceptors (Lipinski definition) is 9. The van der Waals surface area contributed by atoms with Crippen LogP contribution in [-0.2, 0) is 42.8 Å². The van der Waals surface area contributed by atoms with Crippen molar-refractivity contribution in [1.82, 2.24) is 0 Å². The van der Waals surface area contributed by atoms with Crippen LogP contribution in [0.25, 0.3) is 0 Å². The number of carbonyl (C=O) groups is 2. The lowest BCUT2D eigenvalue weighted by Crippen LogP contribution is -2.25. The third kappa shape index (κ3) is 17.1. The molecule has 0 aliphatic rings. The zero-order valence-corrected chi connectivity index (χ0v) is 27.0. The lowest BCUT2D eigenvalue weighted by atomic mass is 10.1. The quantitative estimate of drug-likeness (QED) is 0.0373. The highest BCUT2D eigenvalue weighted by Crippen LogP contribution is 2.56. The Morgan fingerprint density at radius 3 is 1.60 bits per heavy atom. The molecule has 0 spiro atoms. The fourth-order valence-electron chi connectivity index (χ4n) is 3.30. The average molecular weight is 609 g/mol. The lowest BCUT2D eigenvalue weighted by molar-refractivity contribution is -0.156. The minimum absolute atomic E-state index is 0.244. The molecule has 1 unspecified atom stereocenters. The molecular weight excluding hydrogens is 559 g/mol. The molecule has 0 rings (SSSR count). The SMILES string of the molecule is CC(C)=CCC/C(C)=C/CC/C(C)=C/CCCC(P(=O)(OCOC(=O)C(C)C)OCOC(=O)C(C)C)S(=O)(=O)O. The summed E-state index contributed by atoms with van der Waals surface area (Å²) in [6.07, 6.45) is 10.6. The highest BCUT2D eigenvalue weighted by Gasteiger charge is 2.45. The minimum atomic E-state index is -4.92. The van der Waals surface area contributed by atoms with Crippen LogP contribution in [0.5, 0.6) is 0 Å². The van der Waals surface area contributed by atoms with Crippen molar-refractivity contribution in [1.29, 1.82) is 0 Å². The average Bonchev–Trinajstić information content (AvgIpc) is 2.82. The van der Waals surface area contributed by atoms with E-state index in [0.717, 1.165) is 31.3 Å². The Balaban J connectivity index is 5.29. The van der Waals surface area contributed by atoms with Crippen LogP contribution >= 0.6 is 7.60 Å². The van der Waals surface area contributed by atoms with Crippen molar-refractivity contribution >= 4 is 29.7 Å². The number of rotatable bonds is 20. The zero-order valence-electron chi connectivity index (χ0n) is 25.3. The topological polar surface area (TPSA) is 142 Å². The highest BCUT2D eigenvalue weighted by molar-refractivity contribution is 7.94. The molecule has 1 N–H and O–H groups in total. The summed E-state index contributed by atoms with van der Waals surface area (Å²) >= 11 is 0. The van der Waals surface area contributed by atoms with E-state index < -0.39 is 60.1 Å². The van der Waals surface area contributed by atoms with Crippen molar-refractivity contribution in [2.75, 3.05) is 13.6 Å². The van der Waals surface area contributed by atoms with Gasteiger partial charge in [-0.3, -0.25) is 27.8 Å². The molecule has 0 radical (unpaired) electrons. The summed E-state index contributed by atoms with van der Waals surface area (Å²) in [6, 6.07) is 0. The van der Waals surface area contributed by atoms with Crippen LogP contribution in [0.3, 0.4) is 0 Å². The Kier molecular flexibility index (Phi) is 18.5. The van der Waals surface area contributed by atoms with E-state index in [4.69, 9.17) is 18.5 Å². The molecule has 0 bridgehead atoms. The van der Waals surface area contributed by atoms with E-state index in [9.17, 15) is 27.1 Å². The third-order valence-corrected chi connectivity index (χ3v) is 10.2. The van der Waals surface area contributed by atoms with Gasteiger partial charge < -0.3 is 9.47 Å². The molecular formula is C28H49O10PS. The Morgan fingerprint density at radius 1 is 0.775 bits per heavy atom. The molecule has 0 aromatic carbocycles. The summed E-state index contributed by atoms with van der Waals surface area (Å²) in [5.41, 5.74) is 3.75. The van der Waals surface area contributed by atoms with Crippen molar-refractivity contribution in [3.05, 3.63) is 34.9 Å². The predicted octanol–water partition coefficient (Wildman–Crippen LogP) is 7.33. The van der Waals surface area contributed by atoms with E-state index in [1.165, 1.54) is 11.1 Å². The Bertz CT molecular complexity index is 1010. The maximum Gasteiger partial charge on any atom is 0.357 e. The van der Waals surface area contributed by atoms with Crippen molar-refractivity contribution in [2.45, 2.75) is 105 Å². The van der Waals surface area contributed by atoms with Gasteiger partial charge in [0, 0.05) is 0 Å². The standard InChI is InChI=1S/C28H49O10PS/c1-21(2)13-11-15-25(8)17-12-16-24(7)14-9-10-18-26(40(32,33)34)39(31,37-19-35-27(29)22(3)4)38-20-36-28(30)23(5)6/h13-14,17,22-23,26H,9-12,15-16,18-20H2,1-8H3,(H,32,33,34)/b24-14+,25-17+. The van der Waals surface area contributed by atoms with E-state index in [-0.39, 0.29) is 12.8 Å². The van der Waals surface area contributed by atoms with Gasteiger partial charge in [0.1, 0.15) is 0 Å². The molecule has 0 heterocycles. The van der Waals surface area contributed by atoms with Crippen molar-refractivity contribution in [3.8, 4) is 0 Å². The van der Waals surface area contributed by atoms with Crippen LogP contribution in [0.1, 0.15) is 100 Å². The van der Waals surface area contributed by atoms with E-state index in [2.05, 4.69) is 32.9 Å². The molecule has 10 nitrogen and oxygen atoms in total. The molecule has 1 atom stereocenters. The van der Waals surface area contributed by atoms with Crippen LogP contribution in [0.2, 0.25) is 0 Å². The van der Waals surface area contributed by atoms with Crippen LogP contribution in [0.4, 0.5) is 0 Å². The van der Waals surface area contributed by atoms with Gasteiger partial charge in [0.05, 0.1) is 11.8 Å². The Morgan fingerprint density at radius 2 is 1.20 bits per heavy atom. The van der Waals surface area contributed by atoms with Gasteiger partial charge in [0.2, 0.25) is 13.6 Å². The Hall–Kier alpha value is -1.78. The first kappa shape index (κ1) is 38.2. The van der Waals surface area contributed by atoms with E-state index >= 15 is 0 Å². The first-order chi connectivity index (χ1) is 18.5. The number of esters is 2. The molecule has 12 heteroatoms. The summed E-state index contributed by atoms with van der Waals surface area (Å²) in [7, 11) is -9.58. The van der Waals surface area contributed by atoms with Gasteiger partial charge >= 0.3 is 19.5 Å². The summed E-state index contributed by atoms with van der Waals surface area (Å²) in [6.45, 7) is 12.8. The smallest absolute Gasteiger partial charge is 0.357 e. The second kappa shape index (κ2) is 19.4. The number of ether oxygens (including phenoxy) is 2. The molecule has 0 aromatic rings. The monoisotopic (exact) mass is 608 g/mol. The maximum atomic E-state index is 13.5. The van der Waals surface area contributed by atoms with Crippen LogP contribution in [-0.4, -0.2) is 43.5 Å². The molecule has 0 amide bonds. The molecule has 0 fully saturated rings. The summed E-state index contributed by atoms with van der Waals surface area (Å²) < 4.78 is 67.8. The third-order valence-electron chi connectivity index (χ3n) is 5.78. The highest BCUT2D eigenvalue weighted by atomic mass is 32.2. The first-order valence-electron chi connectivity index (χ1n) is 13.6. The van der Waals surface area contributed by atoms with Gasteiger partial charge in [-0.05, 0) is 72.6 Å². The normalized spacial score (nSPS) is 13.9. The molecule has 0 aromatic heterocycles. The second-order valence-electron chi connectivity index (χ2n) is 10.6. The van der Waals surface area contributed by atoms with Crippen molar-refractivity contribution in [2.24, 2.45) is 11.8 Å². The number of allylic oxidation sites excluding steroid dienone is 6. The minimum Gasteiger partial charge on any atom is -0.438 e. The fraction of sp³-hybridized carbons (Fsp3) is 0.714. The molecule has 0 saturated carbocycles. The summed E-state index contributed by atoms with van der Waals surface area (Å²) in [4.78, 5) is 21.5. The Labute approximate surface area is 240 Å². The molecule has 0 saturated heterocycles. The molecule has 0 aliphatic carbocycles. The largest absolute Gasteiger partial charge is 0.438 e. The van der Waals surface area contributed by atoms with Crippen LogP contribution in [0, 0.1) is 11.8 Å². The fourth-order valence-corrected chi connectivity index (χ4v) is 6.74. The summed E-state index contributed by atoms with van der Waals surface area (Å²) in [5, 5.41) is 0. The van der Waals surface area contributed by atoms with Gasteiger partial charge in [-0.2, -0.15) is 8.42 Å². The maximum absolute atomic E-state index is 13.5. The lowest BCUT2D eigenvalue weighted by Gasteiger charge is -2.24. The van der Waals surface area contributed by atoms with Crippen LogP contribution in [0.15, 0.2) is 34.9 Å². The molecule has 40 heavy (non-hydrogen) atoms. The van der Waals surface area contributed by atoms with E-state index in [1.54, 1.807) is 27.7 Å². The van der Waals surface area contributed by atoms with Crippen LogP contribution < -0.4 is 0 Å². The summed E-state index contributed by atoms with van der Waals surface area (Å²) in [5.74, 6) is -2.35. The second-order valence-corrected chi connectivity index (χ2v) is 14.8. The predicted molar refractivity (Wildman–Crippen MR) is 156 cm³/mol. The van der Waals surface area contributed by atoms with Crippen molar-refractivity contribution < 1.29 is 45.6 Å². The van der Waals surface area contributed by atoms with Crippen molar-refractivity contribution in [3.63, 3.8) is 0 Å². The number of carbonyl (C=O) groups excluding carboxylic acids is 2. The van der Waals surface area contributed by atoms with Gasteiger partial charge in [-0.1, -0.05) is 62.6 Å². The first-order valence-corrected chi connectivity index (χ1v) is 16.7. The molecule has 0 aliphatic heterocycles. The van der Waals surface area contributed by atoms with E-state index in [1.807, 2.05) is 13.0 Å². The van der Waals surface area contributed by atoms with Gasteiger partial charge in [0.25, 0.3) is 10.1 Å². The zero-order chi connectivity index (χ0) is 30.9. The molecule has 232 valence electrons. The van der Waals surface area contributed by atoms with Gasteiger partial charge in [0.15, 0.2) is 4.99 Å². The van der Waals surface area contributed by atoms with E-state index in [0.29, 0.717) is 6.42 Å².